The molecule has 0 spiro atoms. The van der Waals surface area contributed by atoms with Crippen LogP contribution in [0.15, 0.2) is 54.6 Å². The quantitative estimate of drug-likeness (QED) is 0.460. The van der Waals surface area contributed by atoms with Gasteiger partial charge in [0.1, 0.15) is 11.5 Å². The van der Waals surface area contributed by atoms with E-state index in [1.807, 2.05) is 6.92 Å². The van der Waals surface area contributed by atoms with E-state index in [0.717, 1.165) is 6.07 Å². The Balaban J connectivity index is 1.69. The third-order valence-electron chi connectivity index (χ3n) is 4.61. The molecule has 0 bridgehead atoms. The van der Waals surface area contributed by atoms with Crippen molar-refractivity contribution in [3.05, 3.63) is 66.1 Å². The average Bonchev–Trinajstić information content (AvgIpc) is 3.23. The zero-order valence-electron chi connectivity index (χ0n) is 17.6. The highest BCUT2D eigenvalue weighted by atomic mass is 19.4. The van der Waals surface area contributed by atoms with E-state index in [4.69, 9.17) is 9.47 Å². The number of hydrogen-bond donors (Lipinski definition) is 1. The molecule has 2 aromatic heterocycles. The van der Waals surface area contributed by atoms with Gasteiger partial charge in [-0.2, -0.15) is 22.7 Å². The van der Waals surface area contributed by atoms with Gasteiger partial charge >= 0.3 is 6.18 Å². The smallest absolute Gasteiger partial charge is 0.433 e. The molecule has 8 nitrogen and oxygen atoms in total. The van der Waals surface area contributed by atoms with Gasteiger partial charge in [-0.3, -0.25) is 4.79 Å². The normalized spacial score (nSPS) is 11.4. The Hall–Kier alpha value is -4.15. The third kappa shape index (κ3) is 4.71. The molecule has 0 radical (unpaired) electrons. The Morgan fingerprint density at radius 2 is 1.70 bits per heavy atom. The van der Waals surface area contributed by atoms with Crippen molar-refractivity contribution < 1.29 is 27.4 Å². The number of nitrogens with one attached hydrogen (secondary N) is 1. The summed E-state index contributed by atoms with van der Waals surface area (Å²) in [6, 6.07) is 13.7. The van der Waals surface area contributed by atoms with Crippen molar-refractivity contribution >= 4 is 17.4 Å². The number of amides is 1. The molecule has 0 aliphatic heterocycles. The number of rotatable bonds is 6. The molecule has 1 N–H and O–H groups in total. The minimum Gasteiger partial charge on any atom is -0.497 e. The molecule has 11 heteroatoms. The molecule has 2 aromatic carbocycles. The Labute approximate surface area is 186 Å². The number of hydrogen-bond acceptors (Lipinski definition) is 6. The summed E-state index contributed by atoms with van der Waals surface area (Å²) >= 11 is 0. The van der Waals surface area contributed by atoms with Crippen molar-refractivity contribution in [3.8, 4) is 22.8 Å². The Morgan fingerprint density at radius 3 is 2.30 bits per heavy atom. The summed E-state index contributed by atoms with van der Waals surface area (Å²) < 4.78 is 52.1. The van der Waals surface area contributed by atoms with E-state index in [1.165, 1.54) is 7.11 Å². The predicted molar refractivity (Wildman–Crippen MR) is 113 cm³/mol. The van der Waals surface area contributed by atoms with Gasteiger partial charge in [-0.25, -0.2) is 4.98 Å². The van der Waals surface area contributed by atoms with Crippen molar-refractivity contribution in [2.75, 3.05) is 19.0 Å². The molecule has 0 saturated carbocycles. The minimum atomic E-state index is -4.75. The van der Waals surface area contributed by atoms with Crippen LogP contribution in [-0.2, 0) is 6.18 Å². The highest BCUT2D eigenvalue weighted by Crippen LogP contribution is 2.32. The fourth-order valence-electron chi connectivity index (χ4n) is 3.06. The Bertz CT molecular complexity index is 1290. The zero-order valence-corrected chi connectivity index (χ0v) is 17.6. The number of carbonyl (C=O) groups excluding carboxylic acids is 1. The predicted octanol–water partition coefficient (Wildman–Crippen LogP) is 4.47. The maximum Gasteiger partial charge on any atom is 0.433 e. The molecule has 0 unspecified atom stereocenters. The fourth-order valence-corrected chi connectivity index (χ4v) is 3.06. The van der Waals surface area contributed by atoms with Crippen LogP contribution in [0, 0.1) is 0 Å². The number of aromatic nitrogens is 4. The number of fused-ring (bicyclic) bond motifs is 1. The molecule has 0 atom stereocenters. The van der Waals surface area contributed by atoms with Gasteiger partial charge in [-0.15, -0.1) is 5.10 Å². The van der Waals surface area contributed by atoms with Gasteiger partial charge < -0.3 is 14.8 Å². The van der Waals surface area contributed by atoms with E-state index in [0.29, 0.717) is 33.9 Å². The highest BCUT2D eigenvalue weighted by molar-refractivity contribution is 6.01. The standard InChI is InChI=1S/C22H18F3N5O3/c1-3-33-16-10-6-14(7-11-16)26-20(31)19-28-21-27-17(13-4-8-15(32-2)9-5-13)12-18(22(23,24)25)30(21)29-19/h4-12H,3H2,1-2H3,(H,26,31). The van der Waals surface area contributed by atoms with E-state index >= 15 is 0 Å². The summed E-state index contributed by atoms with van der Waals surface area (Å²) in [4.78, 5) is 20.7. The minimum absolute atomic E-state index is 0.0309. The largest absolute Gasteiger partial charge is 0.497 e. The first kappa shape index (κ1) is 22.1. The maximum absolute atomic E-state index is 13.7. The highest BCUT2D eigenvalue weighted by Gasteiger charge is 2.36. The van der Waals surface area contributed by atoms with Crippen molar-refractivity contribution in [1.82, 2.24) is 19.6 Å². The number of halogens is 3. The lowest BCUT2D eigenvalue weighted by molar-refractivity contribution is -0.142. The maximum atomic E-state index is 13.7. The number of nitrogens with zero attached hydrogens (tertiary/aromatic N) is 4. The van der Waals surface area contributed by atoms with Gasteiger partial charge in [0.05, 0.1) is 19.4 Å². The molecule has 4 aromatic rings. The first-order chi connectivity index (χ1) is 15.8. The van der Waals surface area contributed by atoms with Crippen LogP contribution in [0.3, 0.4) is 0 Å². The monoisotopic (exact) mass is 457 g/mol. The summed E-state index contributed by atoms with van der Waals surface area (Å²) in [5.74, 6) is -0.414. The second-order valence-corrected chi connectivity index (χ2v) is 6.81. The SMILES string of the molecule is CCOc1ccc(NC(=O)c2nc3nc(-c4ccc(OC)cc4)cc(C(F)(F)F)n3n2)cc1. The average molecular weight is 457 g/mol. The van der Waals surface area contributed by atoms with Crippen LogP contribution in [0.5, 0.6) is 11.5 Å². The first-order valence-corrected chi connectivity index (χ1v) is 9.82. The molecule has 0 saturated heterocycles. The topological polar surface area (TPSA) is 90.6 Å². The van der Waals surface area contributed by atoms with Crippen LogP contribution in [0.2, 0.25) is 0 Å². The molecule has 0 aliphatic carbocycles. The number of alkyl halides is 3. The van der Waals surface area contributed by atoms with Crippen LogP contribution >= 0.6 is 0 Å². The van der Waals surface area contributed by atoms with E-state index in [9.17, 15) is 18.0 Å². The van der Waals surface area contributed by atoms with Crippen LogP contribution in [0.1, 0.15) is 23.2 Å². The van der Waals surface area contributed by atoms with Gasteiger partial charge in [-0.1, -0.05) is 0 Å². The second-order valence-electron chi connectivity index (χ2n) is 6.81. The third-order valence-corrected chi connectivity index (χ3v) is 4.61. The van der Waals surface area contributed by atoms with Crippen LogP contribution in [0.25, 0.3) is 17.0 Å². The fraction of sp³-hybridized carbons (Fsp3) is 0.182. The number of methoxy groups -OCH3 is 1. The number of benzene rings is 2. The van der Waals surface area contributed by atoms with E-state index in [2.05, 4.69) is 20.4 Å². The van der Waals surface area contributed by atoms with Crippen molar-refractivity contribution in [2.45, 2.75) is 13.1 Å². The first-order valence-electron chi connectivity index (χ1n) is 9.82. The van der Waals surface area contributed by atoms with Gasteiger partial charge in [0.15, 0.2) is 5.69 Å². The number of carbonyl (C=O) groups is 1. The Morgan fingerprint density at radius 1 is 1.03 bits per heavy atom. The van der Waals surface area contributed by atoms with E-state index in [1.54, 1.807) is 48.5 Å². The van der Waals surface area contributed by atoms with Crippen LogP contribution in [-0.4, -0.2) is 39.2 Å². The van der Waals surface area contributed by atoms with Gasteiger partial charge in [0.2, 0.25) is 5.82 Å². The molecule has 0 fully saturated rings. The summed E-state index contributed by atoms with van der Waals surface area (Å²) in [5.41, 5.74) is -0.244. The van der Waals surface area contributed by atoms with Crippen LogP contribution < -0.4 is 14.8 Å². The van der Waals surface area contributed by atoms with Gasteiger partial charge in [0.25, 0.3) is 11.7 Å². The molecular weight excluding hydrogens is 439 g/mol. The van der Waals surface area contributed by atoms with Gasteiger partial charge in [-0.05, 0) is 61.5 Å². The van der Waals surface area contributed by atoms with Crippen LogP contribution in [0.4, 0.5) is 18.9 Å². The number of ether oxygens (including phenoxy) is 2. The second kappa shape index (κ2) is 8.77. The van der Waals surface area contributed by atoms with Gasteiger partial charge in [0, 0.05) is 11.3 Å². The summed E-state index contributed by atoms with van der Waals surface area (Å²) in [7, 11) is 1.48. The summed E-state index contributed by atoms with van der Waals surface area (Å²) in [6.07, 6.45) is -4.75. The molecule has 170 valence electrons. The number of anilines is 1. The Kier molecular flexibility index (Phi) is 5.86. The van der Waals surface area contributed by atoms with E-state index in [-0.39, 0.29) is 11.5 Å². The lowest BCUT2D eigenvalue weighted by atomic mass is 10.1. The molecule has 4 rings (SSSR count). The molecule has 2 heterocycles. The van der Waals surface area contributed by atoms with Crippen molar-refractivity contribution in [2.24, 2.45) is 0 Å². The zero-order chi connectivity index (χ0) is 23.6. The lowest BCUT2D eigenvalue weighted by Gasteiger charge is -2.10. The van der Waals surface area contributed by atoms with E-state index < -0.39 is 23.6 Å². The molecule has 0 aliphatic rings. The molecule has 33 heavy (non-hydrogen) atoms. The molecular formula is C22H18F3N5O3. The molecule has 1 amide bonds. The lowest BCUT2D eigenvalue weighted by Crippen LogP contribution is -2.16. The summed E-state index contributed by atoms with van der Waals surface area (Å²) in [5, 5.41) is 6.30. The van der Waals surface area contributed by atoms with Crippen molar-refractivity contribution in [3.63, 3.8) is 0 Å². The summed E-state index contributed by atoms with van der Waals surface area (Å²) in [6.45, 7) is 2.33. The van der Waals surface area contributed by atoms with Crippen molar-refractivity contribution in [1.29, 1.82) is 0 Å².